The predicted octanol–water partition coefficient (Wildman–Crippen LogP) is 1.64. The van der Waals surface area contributed by atoms with Crippen LogP contribution in [0.4, 0.5) is 17.2 Å². The first-order chi connectivity index (χ1) is 11.7. The van der Waals surface area contributed by atoms with Crippen LogP contribution in [-0.2, 0) is 0 Å². The molecule has 2 aromatic heterocycles. The lowest BCUT2D eigenvalue weighted by Crippen LogP contribution is -2.29. The molecular weight excluding hydrogens is 308 g/mol. The highest BCUT2D eigenvalue weighted by Gasteiger charge is 2.17. The van der Waals surface area contributed by atoms with Crippen LogP contribution in [0.3, 0.4) is 0 Å². The maximum Gasteiger partial charge on any atom is 0.271 e. The molecule has 0 unspecified atom stereocenters. The number of anilines is 3. The minimum atomic E-state index is -0.247. The summed E-state index contributed by atoms with van der Waals surface area (Å²) in [4.78, 5) is 16.7. The fraction of sp³-hybridized carbons (Fsp3) is 0.188. The average Bonchev–Trinajstić information content (AvgIpc) is 3.01. The minimum Gasteiger partial charge on any atom is -0.492 e. The molecule has 0 aliphatic carbocycles. The van der Waals surface area contributed by atoms with E-state index in [-0.39, 0.29) is 5.91 Å². The van der Waals surface area contributed by atoms with Gasteiger partial charge in [-0.1, -0.05) is 6.07 Å². The van der Waals surface area contributed by atoms with Crippen molar-refractivity contribution in [2.45, 2.75) is 0 Å². The first-order valence-corrected chi connectivity index (χ1v) is 7.59. The Hall–Kier alpha value is -3.29. The molecule has 0 fully saturated rings. The van der Waals surface area contributed by atoms with Gasteiger partial charge in [0.15, 0.2) is 17.2 Å². The van der Waals surface area contributed by atoms with Gasteiger partial charge in [-0.2, -0.15) is 0 Å². The highest BCUT2D eigenvalue weighted by Crippen LogP contribution is 2.24. The van der Waals surface area contributed by atoms with Crippen LogP contribution in [-0.4, -0.2) is 40.7 Å². The van der Waals surface area contributed by atoms with Crippen molar-refractivity contribution in [2.24, 2.45) is 0 Å². The number of benzene rings is 1. The third-order valence-electron chi connectivity index (χ3n) is 3.73. The second kappa shape index (κ2) is 5.73. The second-order valence-corrected chi connectivity index (χ2v) is 5.33. The van der Waals surface area contributed by atoms with Gasteiger partial charge in [-0.15, -0.1) is 5.10 Å². The van der Waals surface area contributed by atoms with Gasteiger partial charge in [0, 0.05) is 24.9 Å². The van der Waals surface area contributed by atoms with E-state index in [4.69, 9.17) is 4.74 Å². The van der Waals surface area contributed by atoms with Gasteiger partial charge in [0.05, 0.1) is 18.4 Å². The molecule has 0 radical (unpaired) electrons. The summed E-state index contributed by atoms with van der Waals surface area (Å²) in [6.45, 7) is 0.770. The zero-order valence-corrected chi connectivity index (χ0v) is 13.0. The highest BCUT2D eigenvalue weighted by atomic mass is 16.5. The van der Waals surface area contributed by atoms with Gasteiger partial charge in [0.2, 0.25) is 0 Å². The largest absolute Gasteiger partial charge is 0.492 e. The number of rotatable bonds is 1. The van der Waals surface area contributed by atoms with Crippen LogP contribution in [0.2, 0.25) is 0 Å². The average molecular weight is 324 g/mol. The van der Waals surface area contributed by atoms with Gasteiger partial charge in [-0.05, 0) is 12.1 Å². The van der Waals surface area contributed by atoms with Gasteiger partial charge < -0.3 is 20.7 Å². The van der Waals surface area contributed by atoms with E-state index in [1.54, 1.807) is 7.05 Å². The summed E-state index contributed by atoms with van der Waals surface area (Å²) in [5.41, 5.74) is 2.58. The molecule has 0 spiro atoms. The van der Waals surface area contributed by atoms with Crippen molar-refractivity contribution in [1.29, 1.82) is 0 Å². The van der Waals surface area contributed by atoms with Gasteiger partial charge in [-0.25, -0.2) is 9.50 Å². The Morgan fingerprint density at radius 3 is 3.12 bits per heavy atom. The molecule has 3 heterocycles. The Morgan fingerprint density at radius 2 is 2.25 bits per heavy atom. The topological polar surface area (TPSA) is 92.6 Å². The number of nitrogens with zero attached hydrogens (tertiary/aromatic N) is 3. The molecule has 3 aromatic rings. The van der Waals surface area contributed by atoms with Gasteiger partial charge in [0.1, 0.15) is 12.4 Å². The molecule has 8 nitrogen and oxygen atoms in total. The fourth-order valence-electron chi connectivity index (χ4n) is 2.60. The molecule has 8 heteroatoms. The Morgan fingerprint density at radius 1 is 1.33 bits per heavy atom. The van der Waals surface area contributed by atoms with Crippen LogP contribution in [0.15, 0.2) is 36.5 Å². The van der Waals surface area contributed by atoms with Crippen LogP contribution in [0.25, 0.3) is 5.65 Å². The molecule has 1 aromatic carbocycles. The van der Waals surface area contributed by atoms with E-state index in [0.29, 0.717) is 30.3 Å². The third kappa shape index (κ3) is 2.47. The van der Waals surface area contributed by atoms with Crippen molar-refractivity contribution in [1.82, 2.24) is 19.9 Å². The van der Waals surface area contributed by atoms with Gasteiger partial charge in [0.25, 0.3) is 5.91 Å². The predicted molar refractivity (Wildman–Crippen MR) is 90.1 cm³/mol. The lowest BCUT2D eigenvalue weighted by Gasteiger charge is -2.10. The van der Waals surface area contributed by atoms with E-state index in [9.17, 15) is 4.79 Å². The fourth-order valence-corrected chi connectivity index (χ4v) is 2.60. The molecule has 1 aliphatic heterocycles. The molecule has 0 atom stereocenters. The number of carbonyl (C=O) groups is 1. The molecule has 4 rings (SSSR count). The van der Waals surface area contributed by atoms with Crippen molar-refractivity contribution >= 4 is 28.7 Å². The molecule has 24 heavy (non-hydrogen) atoms. The normalized spacial score (nSPS) is 14.0. The summed E-state index contributed by atoms with van der Waals surface area (Å²) in [6, 6.07) is 9.43. The summed E-state index contributed by atoms with van der Waals surface area (Å²) in [7, 11) is 1.80. The number of ether oxygens (including phenoxy) is 1. The molecule has 1 aliphatic rings. The van der Waals surface area contributed by atoms with Crippen molar-refractivity contribution in [2.75, 3.05) is 30.8 Å². The van der Waals surface area contributed by atoms with Crippen LogP contribution in [0, 0.1) is 0 Å². The Kier molecular flexibility index (Phi) is 3.42. The Bertz CT molecular complexity index is 920. The summed E-state index contributed by atoms with van der Waals surface area (Å²) >= 11 is 0. The smallest absolute Gasteiger partial charge is 0.271 e. The monoisotopic (exact) mass is 324 g/mol. The van der Waals surface area contributed by atoms with Crippen molar-refractivity contribution in [3.8, 4) is 5.75 Å². The number of nitrogens with one attached hydrogen (secondary N) is 3. The molecule has 4 bridgehead atoms. The maximum atomic E-state index is 12.4. The van der Waals surface area contributed by atoms with E-state index in [1.807, 2.05) is 30.3 Å². The zero-order valence-electron chi connectivity index (χ0n) is 13.0. The summed E-state index contributed by atoms with van der Waals surface area (Å²) in [5, 5.41) is 13.6. The number of hydrogen-bond donors (Lipinski definition) is 3. The van der Waals surface area contributed by atoms with Crippen molar-refractivity contribution < 1.29 is 9.53 Å². The quantitative estimate of drug-likeness (QED) is 0.630. The Balaban J connectivity index is 1.88. The summed E-state index contributed by atoms with van der Waals surface area (Å²) in [6.07, 6.45) is 1.52. The summed E-state index contributed by atoms with van der Waals surface area (Å²) in [5.74, 6) is 1.07. The van der Waals surface area contributed by atoms with Crippen LogP contribution < -0.4 is 20.7 Å². The molecule has 1 amide bonds. The lowest BCUT2D eigenvalue weighted by molar-refractivity contribution is 0.0940. The van der Waals surface area contributed by atoms with E-state index in [2.05, 4.69) is 26.0 Å². The van der Waals surface area contributed by atoms with E-state index in [0.717, 1.165) is 17.1 Å². The van der Waals surface area contributed by atoms with E-state index < -0.39 is 0 Å². The number of imidazole rings is 1. The van der Waals surface area contributed by atoms with Gasteiger partial charge in [-0.3, -0.25) is 4.79 Å². The molecule has 122 valence electrons. The van der Waals surface area contributed by atoms with Gasteiger partial charge >= 0.3 is 0 Å². The summed E-state index contributed by atoms with van der Waals surface area (Å²) < 4.78 is 7.19. The Labute approximate surface area is 137 Å². The maximum absolute atomic E-state index is 12.4. The molecule has 0 saturated heterocycles. The van der Waals surface area contributed by atoms with Crippen molar-refractivity contribution in [3.05, 3.63) is 42.2 Å². The number of carbonyl (C=O) groups excluding carboxylic acids is 1. The van der Waals surface area contributed by atoms with Crippen LogP contribution in [0.1, 0.15) is 10.5 Å². The molecule has 0 saturated carbocycles. The second-order valence-electron chi connectivity index (χ2n) is 5.33. The first kappa shape index (κ1) is 14.3. The molecule has 3 N–H and O–H groups in total. The number of fused-ring (bicyclic) bond motifs is 3. The molecular formula is C16H16N6O2. The minimum absolute atomic E-state index is 0.247. The van der Waals surface area contributed by atoms with Crippen LogP contribution >= 0.6 is 0 Å². The standard InChI is InChI=1S/C16H16N6O2/c1-17-12-8-14-20-10-3-2-4-11(7-10)24-6-5-18-16(23)13-9-19-15(12)22(13)21-14/h2-4,7-9,17H,5-6H2,1H3,(H,18,23)(H,20,21). The van der Waals surface area contributed by atoms with E-state index >= 15 is 0 Å². The SMILES string of the molecule is CNc1cc2nn3c(cnc13)C(=O)NCCOc1cccc(c1)N2. The zero-order chi connectivity index (χ0) is 16.5. The number of aromatic nitrogens is 3. The first-order valence-electron chi connectivity index (χ1n) is 7.59. The highest BCUT2D eigenvalue weighted by molar-refractivity contribution is 5.94. The number of hydrogen-bond acceptors (Lipinski definition) is 6. The van der Waals surface area contributed by atoms with Crippen molar-refractivity contribution in [3.63, 3.8) is 0 Å². The third-order valence-corrected chi connectivity index (χ3v) is 3.73. The number of amides is 1. The lowest BCUT2D eigenvalue weighted by atomic mass is 10.3. The van der Waals surface area contributed by atoms with Crippen LogP contribution in [0.5, 0.6) is 5.75 Å². The van der Waals surface area contributed by atoms with E-state index in [1.165, 1.54) is 10.7 Å².